The third-order valence-electron chi connectivity index (χ3n) is 2.74. The molecule has 2 rings (SSSR count). The number of furan rings is 1. The third kappa shape index (κ3) is 4.91. The molecule has 0 aliphatic carbocycles. The lowest BCUT2D eigenvalue weighted by atomic mass is 10.3. The normalized spacial score (nSPS) is 10.4. The number of nitrogens with one attached hydrogen (secondary N) is 2. The quantitative estimate of drug-likeness (QED) is 0.751. The molecule has 2 aromatic rings. The molecule has 1 aromatic carbocycles. The van der Waals surface area contributed by atoms with Gasteiger partial charge in [0.05, 0.1) is 0 Å². The molecule has 0 saturated carbocycles. The average Bonchev–Trinajstić information content (AvgIpc) is 2.96. The van der Waals surface area contributed by atoms with E-state index >= 15 is 0 Å². The van der Waals surface area contributed by atoms with Crippen molar-refractivity contribution >= 4 is 21.8 Å². The summed E-state index contributed by atoms with van der Waals surface area (Å²) < 4.78 is 12.0. The molecule has 112 valence electrons. The Balaban J connectivity index is 1.85. The molecule has 0 atom stereocenters. The van der Waals surface area contributed by atoms with Gasteiger partial charge in [-0.2, -0.15) is 0 Å². The lowest BCUT2D eigenvalue weighted by Crippen LogP contribution is -2.30. The molecule has 2 N–H and O–H groups in total. The van der Waals surface area contributed by atoms with Crippen LogP contribution >= 0.6 is 15.9 Å². The van der Waals surface area contributed by atoms with Crippen molar-refractivity contribution in [2.45, 2.75) is 6.61 Å². The summed E-state index contributed by atoms with van der Waals surface area (Å²) in [5, 5.41) is 5.71. The van der Waals surface area contributed by atoms with E-state index in [1.807, 2.05) is 31.3 Å². The first-order valence-corrected chi connectivity index (χ1v) is 7.38. The molecule has 6 heteroatoms. The summed E-state index contributed by atoms with van der Waals surface area (Å²) in [6.07, 6.45) is 0. The van der Waals surface area contributed by atoms with Crippen molar-refractivity contribution < 1.29 is 13.9 Å². The average molecular weight is 353 g/mol. The molecule has 0 bridgehead atoms. The number of benzene rings is 1. The fourth-order valence-electron chi connectivity index (χ4n) is 1.65. The van der Waals surface area contributed by atoms with Crippen molar-refractivity contribution in [1.82, 2.24) is 10.6 Å². The molecule has 0 radical (unpaired) electrons. The van der Waals surface area contributed by atoms with E-state index in [9.17, 15) is 4.79 Å². The maximum absolute atomic E-state index is 11.8. The molecule has 0 unspecified atom stereocenters. The van der Waals surface area contributed by atoms with Gasteiger partial charge in [0, 0.05) is 17.6 Å². The molecule has 0 fully saturated rings. The van der Waals surface area contributed by atoms with Gasteiger partial charge < -0.3 is 19.8 Å². The lowest BCUT2D eigenvalue weighted by molar-refractivity contribution is 0.0922. The van der Waals surface area contributed by atoms with Crippen molar-refractivity contribution in [3.05, 3.63) is 52.4 Å². The van der Waals surface area contributed by atoms with E-state index in [0.29, 0.717) is 24.6 Å². The number of carbonyl (C=O) groups is 1. The van der Waals surface area contributed by atoms with Crippen molar-refractivity contribution in [3.63, 3.8) is 0 Å². The standard InChI is InChI=1S/C15H17BrN2O3/c1-17-8-9-18-15(19)14-7-6-13(21-14)10-20-12-4-2-11(16)3-5-12/h2-7,17H,8-10H2,1H3,(H,18,19). The number of hydrogen-bond acceptors (Lipinski definition) is 4. The van der Waals surface area contributed by atoms with Gasteiger partial charge in [-0.15, -0.1) is 0 Å². The Labute approximate surface area is 131 Å². The highest BCUT2D eigenvalue weighted by molar-refractivity contribution is 9.10. The first kappa shape index (κ1) is 15.6. The van der Waals surface area contributed by atoms with Gasteiger partial charge in [-0.1, -0.05) is 15.9 Å². The van der Waals surface area contributed by atoms with Crippen LogP contribution in [0.15, 0.2) is 45.3 Å². The van der Waals surface area contributed by atoms with Crippen LogP contribution < -0.4 is 15.4 Å². The van der Waals surface area contributed by atoms with Crippen molar-refractivity contribution in [1.29, 1.82) is 0 Å². The van der Waals surface area contributed by atoms with Crippen molar-refractivity contribution in [2.75, 3.05) is 20.1 Å². The summed E-state index contributed by atoms with van der Waals surface area (Å²) in [6, 6.07) is 10.9. The van der Waals surface area contributed by atoms with E-state index in [2.05, 4.69) is 26.6 Å². The maximum atomic E-state index is 11.8. The van der Waals surface area contributed by atoms with Crippen LogP contribution in [0.2, 0.25) is 0 Å². The molecule has 0 aliphatic rings. The smallest absolute Gasteiger partial charge is 0.287 e. The van der Waals surface area contributed by atoms with Gasteiger partial charge in [0.15, 0.2) is 5.76 Å². The molecule has 1 aromatic heterocycles. The monoisotopic (exact) mass is 352 g/mol. The second kappa shape index (κ2) is 7.85. The molecular formula is C15H17BrN2O3. The highest BCUT2D eigenvalue weighted by Gasteiger charge is 2.10. The lowest BCUT2D eigenvalue weighted by Gasteiger charge is -2.04. The van der Waals surface area contributed by atoms with Gasteiger partial charge >= 0.3 is 0 Å². The van der Waals surface area contributed by atoms with E-state index < -0.39 is 0 Å². The van der Waals surface area contributed by atoms with Gasteiger partial charge in [0.25, 0.3) is 5.91 Å². The van der Waals surface area contributed by atoms with Crippen LogP contribution in [0.1, 0.15) is 16.3 Å². The minimum atomic E-state index is -0.222. The number of hydrogen-bond donors (Lipinski definition) is 2. The first-order valence-electron chi connectivity index (χ1n) is 6.59. The Morgan fingerprint density at radius 3 is 2.67 bits per heavy atom. The number of carbonyl (C=O) groups excluding carboxylic acids is 1. The zero-order valence-electron chi connectivity index (χ0n) is 11.7. The van der Waals surface area contributed by atoms with E-state index in [1.165, 1.54) is 0 Å². The van der Waals surface area contributed by atoms with Crippen molar-refractivity contribution in [2.24, 2.45) is 0 Å². The van der Waals surface area contributed by atoms with E-state index in [0.717, 1.165) is 10.2 Å². The molecule has 0 aliphatic heterocycles. The number of ether oxygens (including phenoxy) is 1. The number of amides is 1. The Kier molecular flexibility index (Phi) is 5.83. The Morgan fingerprint density at radius 1 is 1.19 bits per heavy atom. The molecular weight excluding hydrogens is 336 g/mol. The van der Waals surface area contributed by atoms with Crippen LogP contribution in [0, 0.1) is 0 Å². The Hall–Kier alpha value is -1.79. The van der Waals surface area contributed by atoms with E-state index in [4.69, 9.17) is 9.15 Å². The van der Waals surface area contributed by atoms with Gasteiger partial charge in [-0.3, -0.25) is 4.79 Å². The second-order valence-corrected chi connectivity index (χ2v) is 5.28. The topological polar surface area (TPSA) is 63.5 Å². The predicted molar refractivity (Wildman–Crippen MR) is 83.4 cm³/mol. The fourth-order valence-corrected chi connectivity index (χ4v) is 1.92. The summed E-state index contributed by atoms with van der Waals surface area (Å²) in [5.74, 6) is 1.42. The Morgan fingerprint density at radius 2 is 1.95 bits per heavy atom. The minimum absolute atomic E-state index is 0.222. The number of rotatable bonds is 7. The SMILES string of the molecule is CNCCNC(=O)c1ccc(COc2ccc(Br)cc2)o1. The van der Waals surface area contributed by atoms with Crippen LogP contribution in [0.25, 0.3) is 0 Å². The summed E-state index contributed by atoms with van der Waals surface area (Å²) >= 11 is 3.36. The highest BCUT2D eigenvalue weighted by atomic mass is 79.9. The number of likely N-dealkylation sites (N-methyl/N-ethyl adjacent to an activating group) is 1. The van der Waals surface area contributed by atoms with Crippen molar-refractivity contribution in [3.8, 4) is 5.75 Å². The molecule has 1 amide bonds. The fraction of sp³-hybridized carbons (Fsp3) is 0.267. The number of halogens is 1. The van der Waals surface area contributed by atoms with E-state index in [1.54, 1.807) is 12.1 Å². The van der Waals surface area contributed by atoms with Crippen LogP contribution in [-0.2, 0) is 6.61 Å². The third-order valence-corrected chi connectivity index (χ3v) is 3.27. The van der Waals surface area contributed by atoms with Gasteiger partial charge in [0.1, 0.15) is 18.1 Å². The summed E-state index contributed by atoms with van der Waals surface area (Å²) in [5.41, 5.74) is 0. The molecule has 1 heterocycles. The van der Waals surface area contributed by atoms with Crippen LogP contribution in [0.5, 0.6) is 5.75 Å². The van der Waals surface area contributed by atoms with Gasteiger partial charge in [0.2, 0.25) is 0 Å². The molecule has 0 spiro atoms. The predicted octanol–water partition coefficient (Wildman–Crippen LogP) is 2.57. The zero-order chi connectivity index (χ0) is 15.1. The maximum Gasteiger partial charge on any atom is 0.287 e. The summed E-state index contributed by atoms with van der Waals surface area (Å²) in [6.45, 7) is 1.55. The zero-order valence-corrected chi connectivity index (χ0v) is 13.3. The summed E-state index contributed by atoms with van der Waals surface area (Å²) in [7, 11) is 1.83. The molecule has 5 nitrogen and oxygen atoms in total. The van der Waals surface area contributed by atoms with Crippen LogP contribution in [0.3, 0.4) is 0 Å². The minimum Gasteiger partial charge on any atom is -0.486 e. The Bertz CT molecular complexity index is 581. The largest absolute Gasteiger partial charge is 0.486 e. The molecule has 21 heavy (non-hydrogen) atoms. The molecule has 0 saturated heterocycles. The second-order valence-electron chi connectivity index (χ2n) is 4.37. The first-order chi connectivity index (χ1) is 10.2. The van der Waals surface area contributed by atoms with Crippen LogP contribution in [-0.4, -0.2) is 26.0 Å². The van der Waals surface area contributed by atoms with E-state index in [-0.39, 0.29) is 12.5 Å². The van der Waals surface area contributed by atoms with Gasteiger partial charge in [-0.05, 0) is 43.4 Å². The summed E-state index contributed by atoms with van der Waals surface area (Å²) in [4.78, 5) is 11.8. The van der Waals surface area contributed by atoms with Crippen LogP contribution in [0.4, 0.5) is 0 Å². The van der Waals surface area contributed by atoms with Gasteiger partial charge in [-0.25, -0.2) is 0 Å². The highest BCUT2D eigenvalue weighted by Crippen LogP contribution is 2.18.